The second-order valence-electron chi connectivity index (χ2n) is 5.78. The number of thiazole rings is 1. The van der Waals surface area contributed by atoms with Crippen LogP contribution in [-0.4, -0.2) is 34.3 Å². The average molecular weight is 329 g/mol. The fraction of sp³-hybridized carbons (Fsp3) is 0.353. The van der Waals surface area contributed by atoms with E-state index in [1.54, 1.807) is 4.90 Å². The largest absolute Gasteiger partial charge is 0.346 e. The van der Waals surface area contributed by atoms with E-state index < -0.39 is 0 Å². The SMILES string of the molecule is Cc1nc(C)c(C(=O)NC2CC(=O)N(Cc3ccccc3)C2)s1. The van der Waals surface area contributed by atoms with Gasteiger partial charge < -0.3 is 10.2 Å². The van der Waals surface area contributed by atoms with E-state index in [0.29, 0.717) is 24.4 Å². The molecule has 0 radical (unpaired) electrons. The summed E-state index contributed by atoms with van der Waals surface area (Å²) in [6.45, 7) is 4.86. The molecule has 2 heterocycles. The summed E-state index contributed by atoms with van der Waals surface area (Å²) in [5.41, 5.74) is 1.84. The Morgan fingerprint density at radius 2 is 2.09 bits per heavy atom. The monoisotopic (exact) mass is 329 g/mol. The molecule has 1 atom stereocenters. The maximum atomic E-state index is 12.3. The molecule has 1 aliphatic heterocycles. The molecular weight excluding hydrogens is 310 g/mol. The van der Waals surface area contributed by atoms with E-state index in [0.717, 1.165) is 16.3 Å². The predicted molar refractivity (Wildman–Crippen MR) is 89.3 cm³/mol. The standard InChI is InChI=1S/C17H19N3O2S/c1-11-16(23-12(2)18-11)17(22)19-14-8-15(21)20(10-14)9-13-6-4-3-5-7-13/h3-7,14H,8-10H2,1-2H3,(H,19,22). The molecule has 6 heteroatoms. The molecule has 1 saturated heterocycles. The molecule has 0 bridgehead atoms. The third-order valence-electron chi connectivity index (χ3n) is 3.88. The Bertz CT molecular complexity index is 727. The molecule has 2 amide bonds. The first kappa shape index (κ1) is 15.7. The summed E-state index contributed by atoms with van der Waals surface area (Å²) < 4.78 is 0. The lowest BCUT2D eigenvalue weighted by atomic mass is 10.2. The van der Waals surface area contributed by atoms with Crippen LogP contribution in [0.3, 0.4) is 0 Å². The van der Waals surface area contributed by atoms with Gasteiger partial charge in [-0.1, -0.05) is 30.3 Å². The third-order valence-corrected chi connectivity index (χ3v) is 4.95. The molecule has 1 aromatic carbocycles. The quantitative estimate of drug-likeness (QED) is 0.936. The normalized spacial score (nSPS) is 17.6. The zero-order chi connectivity index (χ0) is 16.4. The van der Waals surface area contributed by atoms with Crippen molar-refractivity contribution in [2.24, 2.45) is 0 Å². The molecule has 1 N–H and O–H groups in total. The van der Waals surface area contributed by atoms with Crippen LogP contribution < -0.4 is 5.32 Å². The number of likely N-dealkylation sites (tertiary alicyclic amines) is 1. The van der Waals surface area contributed by atoms with Gasteiger partial charge in [0.1, 0.15) is 4.88 Å². The van der Waals surface area contributed by atoms with Crippen LogP contribution >= 0.6 is 11.3 Å². The number of nitrogens with zero attached hydrogens (tertiary/aromatic N) is 2. The van der Waals surface area contributed by atoms with Gasteiger partial charge in [-0.15, -0.1) is 11.3 Å². The van der Waals surface area contributed by atoms with Crippen molar-refractivity contribution in [3.8, 4) is 0 Å². The Morgan fingerprint density at radius 1 is 1.35 bits per heavy atom. The summed E-state index contributed by atoms with van der Waals surface area (Å²) >= 11 is 1.39. The van der Waals surface area contributed by atoms with Crippen LogP contribution in [0.25, 0.3) is 0 Å². The van der Waals surface area contributed by atoms with Gasteiger partial charge in [-0.05, 0) is 19.4 Å². The van der Waals surface area contributed by atoms with Gasteiger partial charge in [-0.3, -0.25) is 9.59 Å². The second-order valence-corrected chi connectivity index (χ2v) is 6.98. The van der Waals surface area contributed by atoms with Crippen molar-refractivity contribution in [3.05, 3.63) is 51.5 Å². The Labute approximate surface area is 139 Å². The minimum Gasteiger partial charge on any atom is -0.346 e. The smallest absolute Gasteiger partial charge is 0.263 e. The van der Waals surface area contributed by atoms with E-state index in [1.807, 2.05) is 44.2 Å². The number of nitrogens with one attached hydrogen (secondary N) is 1. The highest BCUT2D eigenvalue weighted by molar-refractivity contribution is 7.13. The Kier molecular flexibility index (Phi) is 4.43. The van der Waals surface area contributed by atoms with E-state index in [9.17, 15) is 9.59 Å². The molecule has 5 nitrogen and oxygen atoms in total. The number of aromatic nitrogens is 1. The van der Waals surface area contributed by atoms with Crippen molar-refractivity contribution in [1.82, 2.24) is 15.2 Å². The average Bonchev–Trinajstić information content (AvgIpc) is 3.02. The summed E-state index contributed by atoms with van der Waals surface area (Å²) in [6.07, 6.45) is 0.357. The minimum absolute atomic E-state index is 0.0800. The van der Waals surface area contributed by atoms with Crippen LogP contribution in [-0.2, 0) is 11.3 Å². The maximum Gasteiger partial charge on any atom is 0.263 e. The van der Waals surface area contributed by atoms with Crippen molar-refractivity contribution in [2.45, 2.75) is 32.9 Å². The fourth-order valence-corrected chi connectivity index (χ4v) is 3.64. The van der Waals surface area contributed by atoms with Crippen molar-refractivity contribution in [1.29, 1.82) is 0 Å². The first-order valence-electron chi connectivity index (χ1n) is 7.59. The highest BCUT2D eigenvalue weighted by Crippen LogP contribution is 2.19. The summed E-state index contributed by atoms with van der Waals surface area (Å²) in [7, 11) is 0. The van der Waals surface area contributed by atoms with Gasteiger partial charge in [0.15, 0.2) is 0 Å². The molecule has 1 aliphatic rings. The first-order valence-corrected chi connectivity index (χ1v) is 8.41. The Morgan fingerprint density at radius 3 is 2.74 bits per heavy atom. The van der Waals surface area contributed by atoms with Crippen LogP contribution in [0.5, 0.6) is 0 Å². The van der Waals surface area contributed by atoms with Crippen molar-refractivity contribution < 1.29 is 9.59 Å². The summed E-state index contributed by atoms with van der Waals surface area (Å²) in [5.74, 6) is -0.0520. The number of benzene rings is 1. The van der Waals surface area contributed by atoms with Gasteiger partial charge >= 0.3 is 0 Å². The van der Waals surface area contributed by atoms with Crippen LogP contribution in [0.2, 0.25) is 0 Å². The minimum atomic E-state index is -0.138. The molecule has 1 unspecified atom stereocenters. The van der Waals surface area contributed by atoms with Crippen molar-refractivity contribution in [3.63, 3.8) is 0 Å². The third kappa shape index (κ3) is 3.59. The van der Waals surface area contributed by atoms with Gasteiger partial charge in [0.25, 0.3) is 5.91 Å². The van der Waals surface area contributed by atoms with Crippen molar-refractivity contribution in [2.75, 3.05) is 6.54 Å². The van der Waals surface area contributed by atoms with Crippen LogP contribution in [0, 0.1) is 13.8 Å². The van der Waals surface area contributed by atoms with Gasteiger partial charge in [0, 0.05) is 19.5 Å². The van der Waals surface area contributed by atoms with E-state index >= 15 is 0 Å². The van der Waals surface area contributed by atoms with Crippen LogP contribution in [0.15, 0.2) is 30.3 Å². The fourth-order valence-electron chi connectivity index (χ4n) is 2.82. The van der Waals surface area contributed by atoms with Gasteiger partial charge in [-0.2, -0.15) is 0 Å². The van der Waals surface area contributed by atoms with Gasteiger partial charge in [0.05, 0.1) is 16.7 Å². The Balaban J connectivity index is 1.61. The lowest BCUT2D eigenvalue weighted by Gasteiger charge is -2.17. The molecule has 0 aliphatic carbocycles. The molecule has 0 saturated carbocycles. The highest BCUT2D eigenvalue weighted by Gasteiger charge is 2.31. The summed E-state index contributed by atoms with van der Waals surface area (Å²) in [5, 5.41) is 3.84. The molecule has 1 fully saturated rings. The molecule has 120 valence electrons. The highest BCUT2D eigenvalue weighted by atomic mass is 32.1. The number of aryl methyl sites for hydroxylation is 2. The number of hydrogen-bond donors (Lipinski definition) is 1. The van der Waals surface area contributed by atoms with Crippen LogP contribution in [0.1, 0.15) is 32.4 Å². The molecule has 3 rings (SSSR count). The second kappa shape index (κ2) is 6.50. The maximum absolute atomic E-state index is 12.3. The van der Waals surface area contributed by atoms with Crippen molar-refractivity contribution >= 4 is 23.2 Å². The lowest BCUT2D eigenvalue weighted by molar-refractivity contribution is -0.128. The number of amides is 2. The molecular formula is C17H19N3O2S. The zero-order valence-electron chi connectivity index (χ0n) is 13.2. The molecule has 2 aromatic rings. The lowest BCUT2D eigenvalue weighted by Crippen LogP contribution is -2.36. The topological polar surface area (TPSA) is 62.3 Å². The van der Waals surface area contributed by atoms with Crippen LogP contribution in [0.4, 0.5) is 0 Å². The molecule has 1 aromatic heterocycles. The summed E-state index contributed by atoms with van der Waals surface area (Å²) in [4.78, 5) is 31.2. The Hall–Kier alpha value is -2.21. The van der Waals surface area contributed by atoms with E-state index in [2.05, 4.69) is 10.3 Å². The van der Waals surface area contributed by atoms with E-state index in [4.69, 9.17) is 0 Å². The van der Waals surface area contributed by atoms with E-state index in [-0.39, 0.29) is 17.9 Å². The van der Waals surface area contributed by atoms with Gasteiger partial charge in [0.2, 0.25) is 5.91 Å². The predicted octanol–water partition coefficient (Wildman–Crippen LogP) is 2.29. The number of carbonyl (C=O) groups excluding carboxylic acids is 2. The van der Waals surface area contributed by atoms with Gasteiger partial charge in [-0.25, -0.2) is 4.98 Å². The number of hydrogen-bond acceptors (Lipinski definition) is 4. The molecule has 0 spiro atoms. The molecule has 23 heavy (non-hydrogen) atoms. The number of carbonyl (C=O) groups is 2. The summed E-state index contributed by atoms with van der Waals surface area (Å²) in [6, 6.07) is 9.75. The zero-order valence-corrected chi connectivity index (χ0v) is 14.0. The number of rotatable bonds is 4. The van der Waals surface area contributed by atoms with E-state index in [1.165, 1.54) is 11.3 Å². The first-order chi connectivity index (χ1) is 11.0.